The number of esters is 1. The third-order valence-electron chi connectivity index (χ3n) is 4.28. The van der Waals surface area contributed by atoms with Crippen LogP contribution in [0.4, 0.5) is 4.79 Å². The van der Waals surface area contributed by atoms with Crippen LogP contribution in [-0.2, 0) is 9.53 Å². The summed E-state index contributed by atoms with van der Waals surface area (Å²) in [4.78, 5) is 24.8. The Morgan fingerprint density at radius 2 is 1.97 bits per heavy atom. The molecule has 8 heteroatoms. The summed E-state index contributed by atoms with van der Waals surface area (Å²) >= 11 is 6.50. The summed E-state index contributed by atoms with van der Waals surface area (Å²) in [7, 11) is 1.31. The molecule has 1 unspecified atom stereocenters. The molecule has 2 N–H and O–H groups in total. The zero-order chi connectivity index (χ0) is 21.6. The van der Waals surface area contributed by atoms with E-state index in [0.717, 1.165) is 6.42 Å². The van der Waals surface area contributed by atoms with E-state index in [0.29, 0.717) is 58.9 Å². The normalized spacial score (nSPS) is 16.4. The Hall–Kier alpha value is -2.41. The zero-order valence-electron chi connectivity index (χ0n) is 17.6. The standard InChI is InChI=1S/C21H29ClN2O5/c1-6-8-15-17(20(25)27-5)18(24-21(26)23-15)13-9-14(22)19(29-11-12(3)4)16(10-13)28-7-2/h9-10,12,18H,6-8,11H2,1-5H3,(H2,23,24,26). The number of carbonyl (C=O) groups excluding carboxylic acids is 2. The van der Waals surface area contributed by atoms with E-state index in [9.17, 15) is 9.59 Å². The van der Waals surface area contributed by atoms with Crippen LogP contribution in [0.2, 0.25) is 5.02 Å². The Labute approximate surface area is 176 Å². The third kappa shape index (κ3) is 5.56. The largest absolute Gasteiger partial charge is 0.490 e. The van der Waals surface area contributed by atoms with Crippen LogP contribution >= 0.6 is 11.6 Å². The monoisotopic (exact) mass is 424 g/mol. The summed E-state index contributed by atoms with van der Waals surface area (Å²) in [5, 5.41) is 5.86. The van der Waals surface area contributed by atoms with Crippen LogP contribution in [-0.4, -0.2) is 32.3 Å². The number of benzene rings is 1. The molecule has 1 aliphatic heterocycles. The quantitative estimate of drug-likeness (QED) is 0.575. The third-order valence-corrected chi connectivity index (χ3v) is 4.57. The van der Waals surface area contributed by atoms with Gasteiger partial charge in [-0.05, 0) is 37.0 Å². The number of amides is 2. The number of methoxy groups -OCH3 is 1. The molecule has 0 saturated carbocycles. The van der Waals surface area contributed by atoms with Gasteiger partial charge < -0.3 is 24.8 Å². The van der Waals surface area contributed by atoms with Gasteiger partial charge in [-0.25, -0.2) is 9.59 Å². The average Bonchev–Trinajstić information content (AvgIpc) is 2.66. The van der Waals surface area contributed by atoms with E-state index in [1.807, 2.05) is 27.7 Å². The van der Waals surface area contributed by atoms with E-state index in [-0.39, 0.29) is 6.03 Å². The number of nitrogens with one attached hydrogen (secondary N) is 2. The predicted octanol–water partition coefficient (Wildman–Crippen LogP) is 4.35. The van der Waals surface area contributed by atoms with Gasteiger partial charge in [-0.1, -0.05) is 38.8 Å². The van der Waals surface area contributed by atoms with Crippen LogP contribution in [0.5, 0.6) is 11.5 Å². The first-order chi connectivity index (χ1) is 13.8. The number of allylic oxidation sites excluding steroid dienone is 1. The fourth-order valence-corrected chi connectivity index (χ4v) is 3.35. The van der Waals surface area contributed by atoms with Crippen molar-refractivity contribution < 1.29 is 23.8 Å². The van der Waals surface area contributed by atoms with Gasteiger partial charge in [-0.15, -0.1) is 0 Å². The molecule has 1 atom stereocenters. The van der Waals surface area contributed by atoms with E-state index < -0.39 is 12.0 Å². The molecule has 1 heterocycles. The molecule has 2 rings (SSSR count). The molecule has 1 aromatic carbocycles. The van der Waals surface area contributed by atoms with Gasteiger partial charge in [0.15, 0.2) is 11.5 Å². The highest BCUT2D eigenvalue weighted by Crippen LogP contribution is 2.40. The predicted molar refractivity (Wildman–Crippen MR) is 111 cm³/mol. The molecule has 0 radical (unpaired) electrons. The van der Waals surface area contributed by atoms with Crippen LogP contribution in [0.1, 0.15) is 52.1 Å². The number of halogens is 1. The average molecular weight is 425 g/mol. The molecule has 0 fully saturated rings. The van der Waals surface area contributed by atoms with Crippen LogP contribution in [0.25, 0.3) is 0 Å². The van der Waals surface area contributed by atoms with Gasteiger partial charge in [-0.2, -0.15) is 0 Å². The SMILES string of the molecule is CCCC1=C(C(=O)OC)C(c2cc(Cl)c(OCC(C)C)c(OCC)c2)NC(=O)N1. The van der Waals surface area contributed by atoms with Gasteiger partial charge >= 0.3 is 12.0 Å². The number of hydrogen-bond donors (Lipinski definition) is 2. The second-order valence-corrected chi connectivity index (χ2v) is 7.54. The fourth-order valence-electron chi connectivity index (χ4n) is 3.07. The Balaban J connectivity index is 2.56. The minimum absolute atomic E-state index is 0.314. The van der Waals surface area contributed by atoms with Crippen LogP contribution in [0.15, 0.2) is 23.4 Å². The topological polar surface area (TPSA) is 85.9 Å². The zero-order valence-corrected chi connectivity index (χ0v) is 18.3. The van der Waals surface area contributed by atoms with Gasteiger partial charge in [-0.3, -0.25) is 0 Å². The minimum atomic E-state index is -0.714. The lowest BCUT2D eigenvalue weighted by atomic mass is 9.93. The van der Waals surface area contributed by atoms with Crippen molar-refractivity contribution in [3.05, 3.63) is 34.0 Å². The van der Waals surface area contributed by atoms with E-state index in [2.05, 4.69) is 10.6 Å². The van der Waals surface area contributed by atoms with Gasteiger partial charge in [0.1, 0.15) is 0 Å². The maximum atomic E-state index is 12.5. The first-order valence-corrected chi connectivity index (χ1v) is 10.2. The van der Waals surface area contributed by atoms with Crippen molar-refractivity contribution in [3.8, 4) is 11.5 Å². The van der Waals surface area contributed by atoms with Gasteiger partial charge in [0.25, 0.3) is 0 Å². The molecular weight excluding hydrogens is 396 g/mol. The van der Waals surface area contributed by atoms with Crippen molar-refractivity contribution in [3.63, 3.8) is 0 Å². The van der Waals surface area contributed by atoms with Gasteiger partial charge in [0.2, 0.25) is 0 Å². The molecule has 1 aliphatic rings. The Bertz CT molecular complexity index is 792. The molecule has 0 saturated heterocycles. The summed E-state index contributed by atoms with van der Waals surface area (Å²) in [5.74, 6) is 0.711. The highest BCUT2D eigenvalue weighted by molar-refractivity contribution is 6.32. The summed E-state index contributed by atoms with van der Waals surface area (Å²) in [5.41, 5.74) is 1.50. The number of carbonyl (C=O) groups is 2. The number of hydrogen-bond acceptors (Lipinski definition) is 5. The van der Waals surface area contributed by atoms with Crippen molar-refractivity contribution in [2.75, 3.05) is 20.3 Å². The highest BCUT2D eigenvalue weighted by atomic mass is 35.5. The molecule has 0 aromatic heterocycles. The van der Waals surface area contributed by atoms with E-state index in [1.54, 1.807) is 12.1 Å². The Morgan fingerprint density at radius 1 is 1.24 bits per heavy atom. The maximum Gasteiger partial charge on any atom is 0.337 e. The van der Waals surface area contributed by atoms with Gasteiger partial charge in [0, 0.05) is 5.70 Å². The Kier molecular flexibility index (Phi) is 8.20. The molecule has 0 spiro atoms. The summed E-state index contributed by atoms with van der Waals surface area (Å²) in [6, 6.07) is 2.32. The summed E-state index contributed by atoms with van der Waals surface area (Å²) in [6.45, 7) is 8.80. The maximum absolute atomic E-state index is 12.5. The lowest BCUT2D eigenvalue weighted by Crippen LogP contribution is -2.45. The molecule has 160 valence electrons. The van der Waals surface area contributed by atoms with Crippen LogP contribution in [0, 0.1) is 5.92 Å². The van der Waals surface area contributed by atoms with Crippen molar-refractivity contribution in [2.24, 2.45) is 5.92 Å². The molecular formula is C21H29ClN2O5. The van der Waals surface area contributed by atoms with Crippen molar-refractivity contribution in [1.82, 2.24) is 10.6 Å². The van der Waals surface area contributed by atoms with Crippen LogP contribution < -0.4 is 20.1 Å². The lowest BCUT2D eigenvalue weighted by Gasteiger charge is -2.29. The molecule has 0 bridgehead atoms. The Morgan fingerprint density at radius 3 is 2.55 bits per heavy atom. The number of rotatable bonds is 9. The smallest absolute Gasteiger partial charge is 0.337 e. The molecule has 1 aromatic rings. The van der Waals surface area contributed by atoms with Crippen molar-refractivity contribution >= 4 is 23.6 Å². The van der Waals surface area contributed by atoms with Crippen molar-refractivity contribution in [1.29, 1.82) is 0 Å². The second-order valence-electron chi connectivity index (χ2n) is 7.13. The van der Waals surface area contributed by atoms with E-state index in [4.69, 9.17) is 25.8 Å². The van der Waals surface area contributed by atoms with E-state index >= 15 is 0 Å². The fraction of sp³-hybridized carbons (Fsp3) is 0.524. The minimum Gasteiger partial charge on any atom is -0.490 e. The highest BCUT2D eigenvalue weighted by Gasteiger charge is 2.34. The number of ether oxygens (including phenoxy) is 3. The van der Waals surface area contributed by atoms with Gasteiger partial charge in [0.05, 0.1) is 37.0 Å². The first-order valence-electron chi connectivity index (χ1n) is 9.80. The molecule has 0 aliphatic carbocycles. The molecule has 7 nitrogen and oxygen atoms in total. The second kappa shape index (κ2) is 10.4. The molecule has 29 heavy (non-hydrogen) atoms. The first kappa shape index (κ1) is 22.9. The van der Waals surface area contributed by atoms with Crippen molar-refractivity contribution in [2.45, 2.75) is 46.6 Å². The van der Waals surface area contributed by atoms with E-state index in [1.165, 1.54) is 7.11 Å². The summed E-state index contributed by atoms with van der Waals surface area (Å²) in [6.07, 6.45) is 1.30. The number of urea groups is 1. The molecule has 2 amide bonds. The van der Waals surface area contributed by atoms with Crippen LogP contribution in [0.3, 0.4) is 0 Å². The lowest BCUT2D eigenvalue weighted by molar-refractivity contribution is -0.136. The summed E-state index contributed by atoms with van der Waals surface area (Å²) < 4.78 is 16.5.